The Morgan fingerprint density at radius 2 is 1.56 bits per heavy atom. The summed E-state index contributed by atoms with van der Waals surface area (Å²) < 4.78 is 1.47. The molecule has 5 nitrogen and oxygen atoms in total. The Hall–Kier alpha value is -2.56. The highest BCUT2D eigenvalue weighted by Gasteiger charge is 2.26. The van der Waals surface area contributed by atoms with Crippen LogP contribution in [0.2, 0.25) is 0 Å². The summed E-state index contributed by atoms with van der Waals surface area (Å²) >= 11 is 0. The second-order valence-electron chi connectivity index (χ2n) is 9.06. The molecule has 2 aromatic rings. The average molecular weight is 370 g/mol. The van der Waals surface area contributed by atoms with E-state index in [4.69, 9.17) is 5.11 Å². The molecule has 2 rings (SSSR count). The molecule has 0 aliphatic rings. The molecule has 0 aliphatic heterocycles. The number of phenols is 1. The Kier molecular flexibility index (Phi) is 5.55. The number of carbonyl (C=O) groups is 1. The minimum Gasteiger partial charge on any atom is -0.507 e. The first-order valence-corrected chi connectivity index (χ1v) is 9.11. The molecule has 0 bridgehead atoms. The van der Waals surface area contributed by atoms with E-state index in [1.165, 1.54) is 4.68 Å². The standard InChI is InChI=1S/C22H30N2O3/c1-14-10-16(23-24(14)13-19(25)26)9-8-15-11-17(21(2,3)4)20(27)18(12-15)22(5,6)7/h8-12,27H,13H2,1-7H3,(H,25,26). The molecule has 0 saturated heterocycles. The van der Waals surface area contributed by atoms with E-state index in [1.54, 1.807) is 0 Å². The minimum atomic E-state index is -0.917. The van der Waals surface area contributed by atoms with Gasteiger partial charge in [0.05, 0.1) is 5.69 Å². The van der Waals surface area contributed by atoms with Crippen LogP contribution in [-0.2, 0) is 22.2 Å². The fraction of sp³-hybridized carbons (Fsp3) is 0.455. The Balaban J connectivity index is 2.47. The van der Waals surface area contributed by atoms with E-state index >= 15 is 0 Å². The third-order valence-electron chi connectivity index (χ3n) is 4.48. The van der Waals surface area contributed by atoms with Gasteiger partial charge < -0.3 is 10.2 Å². The molecule has 5 heteroatoms. The number of aromatic nitrogens is 2. The predicted octanol–water partition coefficient (Wildman–Crippen LogP) is 4.75. The number of benzene rings is 1. The molecular weight excluding hydrogens is 340 g/mol. The number of carboxylic acids is 1. The van der Waals surface area contributed by atoms with Crippen LogP contribution < -0.4 is 0 Å². The summed E-state index contributed by atoms with van der Waals surface area (Å²) in [6.07, 6.45) is 3.83. The fourth-order valence-electron chi connectivity index (χ4n) is 2.98. The largest absolute Gasteiger partial charge is 0.507 e. The van der Waals surface area contributed by atoms with E-state index in [-0.39, 0.29) is 17.4 Å². The summed E-state index contributed by atoms with van der Waals surface area (Å²) in [7, 11) is 0. The first-order chi connectivity index (χ1) is 12.3. The molecule has 0 fully saturated rings. The van der Waals surface area contributed by atoms with E-state index < -0.39 is 5.97 Å². The van der Waals surface area contributed by atoms with E-state index in [0.717, 1.165) is 22.4 Å². The maximum absolute atomic E-state index is 10.9. The van der Waals surface area contributed by atoms with Crippen molar-refractivity contribution >= 4 is 18.1 Å². The smallest absolute Gasteiger partial charge is 0.325 e. The van der Waals surface area contributed by atoms with Crippen LogP contribution in [0.5, 0.6) is 5.75 Å². The van der Waals surface area contributed by atoms with Crippen LogP contribution in [0.4, 0.5) is 0 Å². The van der Waals surface area contributed by atoms with E-state index in [1.807, 2.05) is 37.3 Å². The molecule has 0 aliphatic carbocycles. The highest BCUT2D eigenvalue weighted by molar-refractivity contribution is 5.71. The lowest BCUT2D eigenvalue weighted by Gasteiger charge is -2.27. The third-order valence-corrected chi connectivity index (χ3v) is 4.48. The van der Waals surface area contributed by atoms with E-state index in [2.05, 4.69) is 46.6 Å². The Morgan fingerprint density at radius 3 is 2.00 bits per heavy atom. The molecule has 0 atom stereocenters. The Morgan fingerprint density at radius 1 is 1.04 bits per heavy atom. The van der Waals surface area contributed by atoms with Gasteiger partial charge in [0.15, 0.2) is 0 Å². The van der Waals surface area contributed by atoms with Crippen molar-refractivity contribution in [1.29, 1.82) is 0 Å². The number of aliphatic carboxylic acids is 1. The normalized spacial score (nSPS) is 12.7. The highest BCUT2D eigenvalue weighted by atomic mass is 16.4. The SMILES string of the molecule is Cc1cc(C=Cc2cc(C(C)(C)C)c(O)c(C(C)(C)C)c2)nn1CC(=O)O. The molecule has 0 radical (unpaired) electrons. The van der Waals surface area contributed by atoms with Crippen molar-refractivity contribution in [1.82, 2.24) is 9.78 Å². The van der Waals surface area contributed by atoms with Crippen LogP contribution in [0.15, 0.2) is 18.2 Å². The summed E-state index contributed by atoms with van der Waals surface area (Å²) in [5.74, 6) is -0.561. The number of aromatic hydroxyl groups is 1. The van der Waals surface area contributed by atoms with Gasteiger partial charge in [-0.05, 0) is 47.6 Å². The summed E-state index contributed by atoms with van der Waals surface area (Å²) in [5, 5.41) is 24.1. The summed E-state index contributed by atoms with van der Waals surface area (Å²) in [5.41, 5.74) is 3.92. The molecule has 0 amide bonds. The van der Waals surface area contributed by atoms with Crippen molar-refractivity contribution in [2.75, 3.05) is 0 Å². The molecule has 2 N–H and O–H groups in total. The molecule has 0 unspecified atom stereocenters. The first-order valence-electron chi connectivity index (χ1n) is 9.11. The molecular formula is C22H30N2O3. The van der Waals surface area contributed by atoms with Crippen molar-refractivity contribution in [3.8, 4) is 5.75 Å². The Bertz CT molecular complexity index is 843. The Labute approximate surface area is 161 Å². The van der Waals surface area contributed by atoms with Crippen LogP contribution in [-0.4, -0.2) is 26.0 Å². The summed E-state index contributed by atoms with van der Waals surface area (Å²) in [6.45, 7) is 14.2. The minimum absolute atomic E-state index is 0.152. The van der Waals surface area contributed by atoms with Crippen molar-refractivity contribution in [3.63, 3.8) is 0 Å². The van der Waals surface area contributed by atoms with Gasteiger partial charge in [0.2, 0.25) is 0 Å². The second-order valence-corrected chi connectivity index (χ2v) is 9.06. The monoisotopic (exact) mass is 370 g/mol. The first kappa shape index (κ1) is 20.7. The zero-order chi connectivity index (χ0) is 20.6. The van der Waals surface area contributed by atoms with Gasteiger partial charge in [0.25, 0.3) is 0 Å². The van der Waals surface area contributed by atoms with Gasteiger partial charge >= 0.3 is 5.97 Å². The zero-order valence-electron chi connectivity index (χ0n) is 17.3. The maximum atomic E-state index is 10.9. The van der Waals surface area contributed by atoms with Gasteiger partial charge in [0.1, 0.15) is 12.3 Å². The molecule has 1 aromatic carbocycles. The van der Waals surface area contributed by atoms with Crippen LogP contribution in [0.25, 0.3) is 12.2 Å². The van der Waals surface area contributed by atoms with Gasteiger partial charge in [-0.3, -0.25) is 9.48 Å². The van der Waals surface area contributed by atoms with Crippen LogP contribution >= 0.6 is 0 Å². The number of phenolic OH excluding ortho intramolecular Hbond substituents is 1. The molecule has 1 aromatic heterocycles. The third kappa shape index (κ3) is 5.00. The lowest BCUT2D eigenvalue weighted by molar-refractivity contribution is -0.137. The van der Waals surface area contributed by atoms with Crippen molar-refractivity contribution in [2.24, 2.45) is 0 Å². The van der Waals surface area contributed by atoms with Gasteiger partial charge in [-0.15, -0.1) is 0 Å². The van der Waals surface area contributed by atoms with Gasteiger partial charge in [-0.1, -0.05) is 47.6 Å². The number of rotatable bonds is 4. The van der Waals surface area contributed by atoms with Crippen LogP contribution in [0.3, 0.4) is 0 Å². The number of hydrogen-bond acceptors (Lipinski definition) is 3. The van der Waals surface area contributed by atoms with Crippen molar-refractivity contribution in [2.45, 2.75) is 65.8 Å². The summed E-state index contributed by atoms with van der Waals surface area (Å²) in [4.78, 5) is 10.9. The van der Waals surface area contributed by atoms with E-state index in [0.29, 0.717) is 11.4 Å². The van der Waals surface area contributed by atoms with Crippen LogP contribution in [0.1, 0.15) is 69.6 Å². The maximum Gasteiger partial charge on any atom is 0.325 e. The van der Waals surface area contributed by atoms with Crippen molar-refractivity contribution < 1.29 is 15.0 Å². The molecule has 27 heavy (non-hydrogen) atoms. The molecule has 1 heterocycles. The van der Waals surface area contributed by atoms with E-state index in [9.17, 15) is 9.90 Å². The topological polar surface area (TPSA) is 75.4 Å². The van der Waals surface area contributed by atoms with Crippen molar-refractivity contribution in [3.05, 3.63) is 46.3 Å². The lowest BCUT2D eigenvalue weighted by atomic mass is 9.78. The second kappa shape index (κ2) is 7.22. The number of hydrogen-bond donors (Lipinski definition) is 2. The van der Waals surface area contributed by atoms with Gasteiger partial charge in [0, 0.05) is 16.8 Å². The summed E-state index contributed by atoms with van der Waals surface area (Å²) in [6, 6.07) is 5.86. The zero-order valence-corrected chi connectivity index (χ0v) is 17.3. The molecule has 0 saturated carbocycles. The fourth-order valence-corrected chi connectivity index (χ4v) is 2.98. The molecule has 146 valence electrons. The van der Waals surface area contributed by atoms with Gasteiger partial charge in [-0.2, -0.15) is 5.10 Å². The average Bonchev–Trinajstić information content (AvgIpc) is 2.83. The highest BCUT2D eigenvalue weighted by Crippen LogP contribution is 2.40. The van der Waals surface area contributed by atoms with Gasteiger partial charge in [-0.25, -0.2) is 0 Å². The number of nitrogens with zero attached hydrogens (tertiary/aromatic N) is 2. The lowest BCUT2D eigenvalue weighted by Crippen LogP contribution is -2.17. The van der Waals surface area contributed by atoms with Crippen LogP contribution in [0, 0.1) is 6.92 Å². The predicted molar refractivity (Wildman–Crippen MR) is 109 cm³/mol. The number of carboxylic acid groups (broad SMARTS) is 1. The number of aryl methyl sites for hydroxylation is 1. The molecule has 0 spiro atoms. The quantitative estimate of drug-likeness (QED) is 0.814.